The molecule has 3 rings (SSSR count). The molecule has 2 heterocycles. The van der Waals surface area contributed by atoms with E-state index in [1.807, 2.05) is 34.0 Å². The number of aromatic nitrogens is 3. The molecular weight excluding hydrogens is 324 g/mol. The van der Waals surface area contributed by atoms with E-state index in [0.29, 0.717) is 11.5 Å². The summed E-state index contributed by atoms with van der Waals surface area (Å²) >= 11 is 1.49. The lowest BCUT2D eigenvalue weighted by molar-refractivity contribution is 0.0934. The van der Waals surface area contributed by atoms with Crippen LogP contribution in [0.15, 0.2) is 9.55 Å². The van der Waals surface area contributed by atoms with Gasteiger partial charge >= 0.3 is 0 Å². The van der Waals surface area contributed by atoms with Crippen LogP contribution in [0.25, 0.3) is 0 Å². The maximum absolute atomic E-state index is 12.8. The summed E-state index contributed by atoms with van der Waals surface area (Å²) in [6.45, 7) is 7.53. The number of hydrogen-bond donors (Lipinski definition) is 1. The maximum atomic E-state index is 12.8. The minimum absolute atomic E-state index is 0.160. The molecule has 0 aromatic carbocycles. The van der Waals surface area contributed by atoms with Gasteiger partial charge in [0.25, 0.3) is 5.91 Å². The van der Waals surface area contributed by atoms with Crippen LogP contribution in [0, 0.1) is 20.8 Å². The molecule has 1 aliphatic rings. The van der Waals surface area contributed by atoms with Gasteiger partial charge in [0.1, 0.15) is 16.6 Å². The molecule has 0 unspecified atom stereocenters. The number of amides is 1. The van der Waals surface area contributed by atoms with Gasteiger partial charge in [-0.15, -0.1) is 11.8 Å². The van der Waals surface area contributed by atoms with Crippen molar-refractivity contribution in [2.75, 3.05) is 6.26 Å². The maximum Gasteiger partial charge on any atom is 0.256 e. The largest absolute Gasteiger partial charge is 0.361 e. The molecule has 0 bridgehead atoms. The third-order valence-electron chi connectivity index (χ3n) is 4.31. The summed E-state index contributed by atoms with van der Waals surface area (Å²) < 4.78 is 5.19. The molecule has 1 saturated carbocycles. The monoisotopic (exact) mass is 346 g/mol. The van der Waals surface area contributed by atoms with Crippen molar-refractivity contribution in [1.82, 2.24) is 20.4 Å². The summed E-state index contributed by atoms with van der Waals surface area (Å²) in [5, 5.41) is 7.72. The molecule has 6 nitrogen and oxygen atoms in total. The predicted octanol–water partition coefficient (Wildman–Crippen LogP) is 3.48. The van der Waals surface area contributed by atoms with E-state index in [1.54, 1.807) is 0 Å². The molecule has 1 aliphatic carbocycles. The zero-order valence-electron chi connectivity index (χ0n) is 14.6. The summed E-state index contributed by atoms with van der Waals surface area (Å²) in [7, 11) is 0. The van der Waals surface area contributed by atoms with E-state index in [4.69, 9.17) is 4.52 Å². The fourth-order valence-corrected chi connectivity index (χ4v) is 3.58. The highest BCUT2D eigenvalue weighted by molar-refractivity contribution is 7.98. The number of carbonyl (C=O) groups excluding carboxylic acids is 1. The van der Waals surface area contributed by atoms with Gasteiger partial charge in [0.2, 0.25) is 0 Å². The van der Waals surface area contributed by atoms with Crippen LogP contribution in [-0.2, 0) is 0 Å². The molecule has 2 aromatic heterocycles. The number of hydrogen-bond acceptors (Lipinski definition) is 6. The molecule has 1 atom stereocenters. The first-order valence-corrected chi connectivity index (χ1v) is 9.31. The van der Waals surface area contributed by atoms with Gasteiger partial charge in [0.15, 0.2) is 0 Å². The van der Waals surface area contributed by atoms with Crippen LogP contribution in [0.4, 0.5) is 0 Å². The van der Waals surface area contributed by atoms with Crippen molar-refractivity contribution in [2.24, 2.45) is 0 Å². The standard InChI is InChI=1S/C17H22N4O2S/c1-8(13-10(3)21-23-11(13)4)19-16(22)14-9(2)18-15(12-6-7-12)20-17(14)24-5/h8,12H,6-7H2,1-5H3,(H,19,22)/t8-/m0/s1. The van der Waals surface area contributed by atoms with Crippen LogP contribution in [0.5, 0.6) is 0 Å². The van der Waals surface area contributed by atoms with Crippen molar-refractivity contribution >= 4 is 17.7 Å². The van der Waals surface area contributed by atoms with Crippen LogP contribution in [0.1, 0.15) is 70.6 Å². The molecule has 0 aliphatic heterocycles. The zero-order chi connectivity index (χ0) is 17.4. The van der Waals surface area contributed by atoms with Gasteiger partial charge in [-0.05, 0) is 46.8 Å². The van der Waals surface area contributed by atoms with E-state index in [9.17, 15) is 4.79 Å². The molecule has 128 valence electrons. The lowest BCUT2D eigenvalue weighted by Gasteiger charge is -2.16. The van der Waals surface area contributed by atoms with Crippen LogP contribution in [-0.4, -0.2) is 27.3 Å². The molecule has 0 radical (unpaired) electrons. The molecule has 1 amide bonds. The van der Waals surface area contributed by atoms with E-state index in [0.717, 1.165) is 46.4 Å². The topological polar surface area (TPSA) is 80.9 Å². The van der Waals surface area contributed by atoms with Crippen LogP contribution in [0.3, 0.4) is 0 Å². The summed E-state index contributed by atoms with van der Waals surface area (Å²) in [5.74, 6) is 1.90. The molecule has 24 heavy (non-hydrogen) atoms. The molecule has 0 saturated heterocycles. The molecule has 2 aromatic rings. The van der Waals surface area contributed by atoms with Gasteiger partial charge in [-0.3, -0.25) is 4.79 Å². The predicted molar refractivity (Wildman–Crippen MR) is 92.4 cm³/mol. The van der Waals surface area contributed by atoms with E-state index in [2.05, 4.69) is 20.4 Å². The van der Waals surface area contributed by atoms with Crippen molar-refractivity contribution in [3.63, 3.8) is 0 Å². The van der Waals surface area contributed by atoms with Gasteiger partial charge in [0, 0.05) is 11.5 Å². The molecular formula is C17H22N4O2S. The first-order valence-electron chi connectivity index (χ1n) is 8.08. The fourth-order valence-electron chi connectivity index (χ4n) is 2.95. The van der Waals surface area contributed by atoms with Crippen LogP contribution >= 0.6 is 11.8 Å². The van der Waals surface area contributed by atoms with Crippen molar-refractivity contribution in [2.45, 2.75) is 57.5 Å². The SMILES string of the molecule is CSc1nc(C2CC2)nc(C)c1C(=O)N[C@@H](C)c1c(C)noc1C. The highest BCUT2D eigenvalue weighted by atomic mass is 32.2. The second-order valence-electron chi connectivity index (χ2n) is 6.26. The summed E-state index contributed by atoms with van der Waals surface area (Å²) in [5.41, 5.74) is 3.01. The molecule has 1 N–H and O–H groups in total. The Morgan fingerprint density at radius 1 is 1.25 bits per heavy atom. The smallest absolute Gasteiger partial charge is 0.256 e. The quantitative estimate of drug-likeness (QED) is 0.659. The number of carbonyl (C=O) groups is 1. The Kier molecular flexibility index (Phi) is 4.62. The van der Waals surface area contributed by atoms with Crippen molar-refractivity contribution in [1.29, 1.82) is 0 Å². The van der Waals surface area contributed by atoms with E-state index >= 15 is 0 Å². The number of rotatable bonds is 5. The molecule has 0 spiro atoms. The fraction of sp³-hybridized carbons (Fsp3) is 0.529. The highest BCUT2D eigenvalue weighted by Crippen LogP contribution is 2.39. The third kappa shape index (κ3) is 3.17. The van der Waals surface area contributed by atoms with E-state index in [-0.39, 0.29) is 11.9 Å². The average molecular weight is 346 g/mol. The Morgan fingerprint density at radius 3 is 2.50 bits per heavy atom. The van der Waals surface area contributed by atoms with E-state index < -0.39 is 0 Å². The third-order valence-corrected chi connectivity index (χ3v) is 4.99. The highest BCUT2D eigenvalue weighted by Gasteiger charge is 2.29. The first-order chi connectivity index (χ1) is 11.4. The van der Waals surface area contributed by atoms with Gasteiger partial charge in [-0.1, -0.05) is 5.16 Å². The number of nitrogens with one attached hydrogen (secondary N) is 1. The first kappa shape index (κ1) is 17.0. The number of aryl methyl sites for hydroxylation is 3. The van der Waals surface area contributed by atoms with Crippen LogP contribution < -0.4 is 5.32 Å². The summed E-state index contributed by atoms with van der Waals surface area (Å²) in [4.78, 5) is 22.0. The van der Waals surface area contributed by atoms with E-state index in [1.165, 1.54) is 11.8 Å². The minimum Gasteiger partial charge on any atom is -0.361 e. The van der Waals surface area contributed by atoms with Gasteiger partial charge < -0.3 is 9.84 Å². The zero-order valence-corrected chi connectivity index (χ0v) is 15.5. The van der Waals surface area contributed by atoms with Gasteiger partial charge in [0.05, 0.1) is 23.0 Å². The second kappa shape index (κ2) is 6.55. The Labute approximate surface area is 145 Å². The Bertz CT molecular complexity index is 764. The van der Waals surface area contributed by atoms with Gasteiger partial charge in [-0.2, -0.15) is 0 Å². The lowest BCUT2D eigenvalue weighted by atomic mass is 10.1. The summed E-state index contributed by atoms with van der Waals surface area (Å²) in [6, 6.07) is -0.194. The normalized spacial score (nSPS) is 15.4. The average Bonchev–Trinajstić information content (AvgIpc) is 3.31. The Balaban J connectivity index is 1.87. The Morgan fingerprint density at radius 2 is 1.96 bits per heavy atom. The minimum atomic E-state index is -0.194. The summed E-state index contributed by atoms with van der Waals surface area (Å²) in [6.07, 6.45) is 4.22. The lowest BCUT2D eigenvalue weighted by Crippen LogP contribution is -2.29. The van der Waals surface area contributed by atoms with Crippen molar-refractivity contribution < 1.29 is 9.32 Å². The number of thioether (sulfide) groups is 1. The number of nitrogens with zero attached hydrogens (tertiary/aromatic N) is 3. The van der Waals surface area contributed by atoms with Gasteiger partial charge in [-0.25, -0.2) is 9.97 Å². The van der Waals surface area contributed by atoms with Crippen LogP contribution in [0.2, 0.25) is 0 Å². The van der Waals surface area contributed by atoms with Crippen molar-refractivity contribution in [3.05, 3.63) is 34.1 Å². The molecule has 7 heteroatoms. The van der Waals surface area contributed by atoms with Crippen molar-refractivity contribution in [3.8, 4) is 0 Å². The molecule has 1 fully saturated rings. The second-order valence-corrected chi connectivity index (χ2v) is 7.05. The Hall–Kier alpha value is -1.89.